The molecule has 0 aromatic heterocycles. The summed E-state index contributed by atoms with van der Waals surface area (Å²) in [6.07, 6.45) is 3.86. The Kier molecular flexibility index (Phi) is 5.22. The predicted molar refractivity (Wildman–Crippen MR) is 84.1 cm³/mol. The van der Waals surface area contributed by atoms with Gasteiger partial charge in [0.25, 0.3) is 5.91 Å². The third-order valence-electron chi connectivity index (χ3n) is 3.58. The van der Waals surface area contributed by atoms with E-state index in [1.807, 2.05) is 0 Å². The van der Waals surface area contributed by atoms with Crippen molar-refractivity contribution in [1.29, 1.82) is 0 Å². The molecule has 5 nitrogen and oxygen atoms in total. The van der Waals surface area contributed by atoms with Gasteiger partial charge in [-0.15, -0.1) is 0 Å². The molecule has 1 aromatic carbocycles. The van der Waals surface area contributed by atoms with Crippen LogP contribution in [0, 0.1) is 0 Å². The minimum atomic E-state index is -3.16. The number of rotatable bonds is 6. The average molecular weight is 310 g/mol. The summed E-state index contributed by atoms with van der Waals surface area (Å²) >= 11 is 0. The fraction of sp³-hybridized carbons (Fsp3) is 0.533. The Bertz CT molecular complexity index is 581. The molecule has 1 amide bonds. The van der Waals surface area contributed by atoms with Crippen molar-refractivity contribution in [2.24, 2.45) is 0 Å². The van der Waals surface area contributed by atoms with Gasteiger partial charge in [0.2, 0.25) is 10.0 Å². The summed E-state index contributed by atoms with van der Waals surface area (Å²) in [6, 6.07) is 6.75. The molecule has 0 saturated carbocycles. The number of carbonyl (C=O) groups excluding carboxylic acids is 1. The number of nitrogens with zero attached hydrogens (tertiary/aromatic N) is 1. The fourth-order valence-electron chi connectivity index (χ4n) is 2.39. The lowest BCUT2D eigenvalue weighted by molar-refractivity contribution is 0.0953. The van der Waals surface area contributed by atoms with E-state index in [0.29, 0.717) is 30.8 Å². The van der Waals surface area contributed by atoms with Gasteiger partial charge in [0.1, 0.15) is 0 Å². The lowest BCUT2D eigenvalue weighted by atomic mass is 10.2. The minimum Gasteiger partial charge on any atom is -0.352 e. The summed E-state index contributed by atoms with van der Waals surface area (Å²) < 4.78 is 25.1. The molecule has 6 heteroatoms. The Morgan fingerprint density at radius 3 is 2.52 bits per heavy atom. The van der Waals surface area contributed by atoms with Crippen LogP contribution in [-0.4, -0.2) is 33.2 Å². The van der Waals surface area contributed by atoms with Gasteiger partial charge in [0, 0.05) is 18.7 Å². The van der Waals surface area contributed by atoms with Crippen LogP contribution in [0.1, 0.15) is 43.0 Å². The van der Waals surface area contributed by atoms with Gasteiger partial charge in [-0.25, -0.2) is 8.42 Å². The molecular formula is C15H22N2O3S. The van der Waals surface area contributed by atoms with Crippen molar-refractivity contribution in [3.8, 4) is 0 Å². The highest BCUT2D eigenvalue weighted by Gasteiger charge is 2.28. The lowest BCUT2D eigenvalue weighted by Gasteiger charge is -2.17. The van der Waals surface area contributed by atoms with E-state index in [2.05, 4.69) is 12.2 Å². The highest BCUT2D eigenvalue weighted by molar-refractivity contribution is 7.93. The maximum absolute atomic E-state index is 11.9. The van der Waals surface area contributed by atoms with Gasteiger partial charge in [-0.3, -0.25) is 9.10 Å². The maximum Gasteiger partial charge on any atom is 0.251 e. The first-order valence-electron chi connectivity index (χ1n) is 7.43. The van der Waals surface area contributed by atoms with Gasteiger partial charge in [-0.2, -0.15) is 0 Å². The Hall–Kier alpha value is -1.56. The van der Waals surface area contributed by atoms with Crippen molar-refractivity contribution >= 4 is 21.6 Å². The number of hydrogen-bond acceptors (Lipinski definition) is 3. The second-order valence-corrected chi connectivity index (χ2v) is 7.26. The Labute approximate surface area is 126 Å². The first-order chi connectivity index (χ1) is 10.0. The highest BCUT2D eigenvalue weighted by atomic mass is 32.2. The number of sulfonamides is 1. The molecule has 1 aliphatic rings. The number of benzene rings is 1. The molecule has 2 rings (SSSR count). The molecule has 1 aromatic rings. The van der Waals surface area contributed by atoms with Gasteiger partial charge < -0.3 is 5.32 Å². The van der Waals surface area contributed by atoms with Crippen molar-refractivity contribution < 1.29 is 13.2 Å². The van der Waals surface area contributed by atoms with Gasteiger partial charge in [0.15, 0.2) is 0 Å². The van der Waals surface area contributed by atoms with E-state index in [1.165, 1.54) is 4.31 Å². The van der Waals surface area contributed by atoms with Crippen LogP contribution in [0.5, 0.6) is 0 Å². The van der Waals surface area contributed by atoms with Crippen LogP contribution in [0.25, 0.3) is 0 Å². The average Bonchev–Trinajstić information content (AvgIpc) is 2.83. The van der Waals surface area contributed by atoms with Crippen molar-refractivity contribution in [3.63, 3.8) is 0 Å². The first kappa shape index (κ1) is 15.8. The Balaban J connectivity index is 1.97. The summed E-state index contributed by atoms with van der Waals surface area (Å²) in [7, 11) is -3.16. The largest absolute Gasteiger partial charge is 0.352 e. The molecule has 0 unspecified atom stereocenters. The lowest BCUT2D eigenvalue weighted by Crippen LogP contribution is -2.26. The van der Waals surface area contributed by atoms with E-state index in [9.17, 15) is 13.2 Å². The zero-order valence-electron chi connectivity index (χ0n) is 12.3. The molecule has 1 aliphatic heterocycles. The molecule has 0 bridgehead atoms. The normalized spacial score (nSPS) is 16.9. The van der Waals surface area contributed by atoms with Crippen LogP contribution in [0.2, 0.25) is 0 Å². The summed E-state index contributed by atoms with van der Waals surface area (Å²) in [5, 5.41) is 2.87. The van der Waals surface area contributed by atoms with Crippen LogP contribution in [0.4, 0.5) is 5.69 Å². The van der Waals surface area contributed by atoms with Gasteiger partial charge in [-0.1, -0.05) is 19.8 Å². The monoisotopic (exact) mass is 310 g/mol. The van der Waals surface area contributed by atoms with Crippen LogP contribution in [0.3, 0.4) is 0 Å². The summed E-state index contributed by atoms with van der Waals surface area (Å²) in [5.41, 5.74) is 1.20. The standard InChI is InChI=1S/C15H22N2O3S/c1-2-3-4-10-16-15(18)13-6-8-14(9-7-13)17-11-5-12-21(17,19)20/h6-9H,2-5,10-12H2,1H3,(H,16,18). The number of hydrogen-bond donors (Lipinski definition) is 1. The third-order valence-corrected chi connectivity index (χ3v) is 5.45. The van der Waals surface area contributed by atoms with Gasteiger partial charge in [0.05, 0.1) is 11.4 Å². The van der Waals surface area contributed by atoms with E-state index >= 15 is 0 Å². The number of nitrogens with one attached hydrogen (secondary N) is 1. The molecule has 1 heterocycles. The van der Waals surface area contributed by atoms with E-state index in [-0.39, 0.29) is 11.7 Å². The van der Waals surface area contributed by atoms with Crippen molar-refractivity contribution in [1.82, 2.24) is 5.32 Å². The molecule has 1 N–H and O–H groups in total. The molecule has 0 spiro atoms. The number of anilines is 1. The topological polar surface area (TPSA) is 66.5 Å². The second-order valence-electron chi connectivity index (χ2n) is 5.25. The minimum absolute atomic E-state index is 0.109. The Morgan fingerprint density at radius 1 is 1.24 bits per heavy atom. The van der Waals surface area contributed by atoms with Crippen LogP contribution in [-0.2, 0) is 10.0 Å². The Morgan fingerprint density at radius 2 is 1.95 bits per heavy atom. The fourth-order valence-corrected chi connectivity index (χ4v) is 3.95. The second kappa shape index (κ2) is 6.93. The van der Waals surface area contributed by atoms with Crippen LogP contribution in [0.15, 0.2) is 24.3 Å². The quantitative estimate of drug-likeness (QED) is 0.819. The zero-order chi connectivity index (χ0) is 15.3. The van der Waals surface area contributed by atoms with Gasteiger partial charge in [-0.05, 0) is 37.1 Å². The van der Waals surface area contributed by atoms with Crippen molar-refractivity contribution in [3.05, 3.63) is 29.8 Å². The molecule has 1 fully saturated rings. The molecule has 116 valence electrons. The number of amides is 1. The van der Waals surface area contributed by atoms with E-state index in [1.54, 1.807) is 24.3 Å². The third kappa shape index (κ3) is 3.97. The molecule has 0 radical (unpaired) electrons. The highest BCUT2D eigenvalue weighted by Crippen LogP contribution is 2.24. The SMILES string of the molecule is CCCCCNC(=O)c1ccc(N2CCCS2(=O)=O)cc1. The maximum atomic E-state index is 11.9. The van der Waals surface area contributed by atoms with E-state index in [4.69, 9.17) is 0 Å². The van der Waals surface area contributed by atoms with E-state index < -0.39 is 10.0 Å². The summed E-state index contributed by atoms with van der Waals surface area (Å²) in [4.78, 5) is 11.9. The first-order valence-corrected chi connectivity index (χ1v) is 9.04. The number of unbranched alkanes of at least 4 members (excludes halogenated alkanes) is 2. The summed E-state index contributed by atoms with van der Waals surface area (Å²) in [6.45, 7) is 3.31. The van der Waals surface area contributed by atoms with Gasteiger partial charge >= 0.3 is 0 Å². The van der Waals surface area contributed by atoms with Crippen LogP contribution < -0.4 is 9.62 Å². The summed E-state index contributed by atoms with van der Waals surface area (Å²) in [5.74, 6) is 0.0917. The smallest absolute Gasteiger partial charge is 0.251 e. The zero-order valence-corrected chi connectivity index (χ0v) is 13.2. The molecule has 21 heavy (non-hydrogen) atoms. The van der Waals surface area contributed by atoms with Crippen molar-refractivity contribution in [2.45, 2.75) is 32.6 Å². The molecular weight excluding hydrogens is 288 g/mol. The van der Waals surface area contributed by atoms with E-state index in [0.717, 1.165) is 19.3 Å². The van der Waals surface area contributed by atoms with Crippen LogP contribution >= 0.6 is 0 Å². The van der Waals surface area contributed by atoms with Crippen molar-refractivity contribution in [2.75, 3.05) is 23.1 Å². The molecule has 0 atom stereocenters. The number of carbonyl (C=O) groups is 1. The predicted octanol–water partition coefficient (Wildman–Crippen LogP) is 2.15. The molecule has 1 saturated heterocycles. The molecule has 0 aliphatic carbocycles.